The van der Waals surface area contributed by atoms with Gasteiger partial charge >= 0.3 is 12.2 Å². The number of carbonyl (C=O) groups excluding carboxylic acids is 1. The molecule has 3 aromatic rings. The van der Waals surface area contributed by atoms with Crippen LogP contribution < -0.4 is 10.6 Å². The number of alkyl halides is 3. The van der Waals surface area contributed by atoms with E-state index in [1.807, 2.05) is 0 Å². The lowest BCUT2D eigenvalue weighted by molar-refractivity contribution is -0.138. The molecule has 0 unspecified atom stereocenters. The second-order valence-corrected chi connectivity index (χ2v) is 5.62. The summed E-state index contributed by atoms with van der Waals surface area (Å²) in [7, 11) is 0. The fourth-order valence-corrected chi connectivity index (χ4v) is 2.58. The van der Waals surface area contributed by atoms with Crippen LogP contribution in [0.25, 0.3) is 0 Å². The highest BCUT2D eigenvalue weighted by Gasteiger charge is 2.36. The van der Waals surface area contributed by atoms with E-state index >= 15 is 0 Å². The molecule has 2 aromatic heterocycles. The minimum atomic E-state index is -4.60. The number of aromatic nitrogens is 2. The number of halogens is 3. The molecular weight excluding hydrogens is 357 g/mol. The van der Waals surface area contributed by atoms with Crippen molar-refractivity contribution in [2.45, 2.75) is 12.2 Å². The van der Waals surface area contributed by atoms with Crippen molar-refractivity contribution in [2.75, 3.05) is 5.32 Å². The first kappa shape index (κ1) is 18.4. The van der Waals surface area contributed by atoms with Crippen LogP contribution in [0.1, 0.15) is 22.9 Å². The van der Waals surface area contributed by atoms with E-state index in [9.17, 15) is 18.0 Å². The van der Waals surface area contributed by atoms with E-state index in [4.69, 9.17) is 0 Å². The van der Waals surface area contributed by atoms with Crippen LogP contribution in [0.15, 0.2) is 73.2 Å². The molecule has 0 radical (unpaired) electrons. The van der Waals surface area contributed by atoms with Crippen LogP contribution in [0.4, 0.5) is 23.7 Å². The van der Waals surface area contributed by atoms with Crippen molar-refractivity contribution in [3.8, 4) is 0 Å². The fraction of sp³-hybridized carbons (Fsp3) is 0.105. The molecule has 3 rings (SSSR count). The van der Waals surface area contributed by atoms with Crippen LogP contribution in [-0.2, 0) is 6.18 Å². The third kappa shape index (κ3) is 4.60. The SMILES string of the molecule is O=C(Nc1cccnc1)N[C@@H](c1ccccc1)c1ncccc1C(F)(F)F. The second kappa shape index (κ2) is 7.86. The van der Waals surface area contributed by atoms with Gasteiger partial charge in [-0.2, -0.15) is 13.2 Å². The number of pyridine rings is 2. The van der Waals surface area contributed by atoms with Crippen molar-refractivity contribution in [1.82, 2.24) is 15.3 Å². The molecule has 0 bridgehead atoms. The topological polar surface area (TPSA) is 66.9 Å². The summed E-state index contributed by atoms with van der Waals surface area (Å²) in [6.07, 6.45) is -0.363. The number of nitrogens with one attached hydrogen (secondary N) is 2. The van der Waals surface area contributed by atoms with Gasteiger partial charge in [0.25, 0.3) is 0 Å². The number of hydrogen-bond acceptors (Lipinski definition) is 3. The first-order valence-electron chi connectivity index (χ1n) is 8.00. The normalized spacial score (nSPS) is 12.3. The number of benzene rings is 1. The van der Waals surface area contributed by atoms with Gasteiger partial charge in [0.2, 0.25) is 0 Å². The molecule has 27 heavy (non-hydrogen) atoms. The summed E-state index contributed by atoms with van der Waals surface area (Å²) >= 11 is 0. The smallest absolute Gasteiger partial charge is 0.325 e. The Hall–Kier alpha value is -3.42. The lowest BCUT2D eigenvalue weighted by Crippen LogP contribution is -2.34. The second-order valence-electron chi connectivity index (χ2n) is 5.62. The maximum absolute atomic E-state index is 13.4. The molecule has 0 saturated heterocycles. The molecule has 5 nitrogen and oxygen atoms in total. The van der Waals surface area contributed by atoms with Crippen molar-refractivity contribution in [3.63, 3.8) is 0 Å². The number of anilines is 1. The van der Waals surface area contributed by atoms with Crippen molar-refractivity contribution >= 4 is 11.7 Å². The molecule has 0 aliphatic carbocycles. The Balaban J connectivity index is 1.95. The molecule has 0 spiro atoms. The molecule has 0 fully saturated rings. The molecule has 138 valence electrons. The third-order valence-corrected chi connectivity index (χ3v) is 3.75. The lowest BCUT2D eigenvalue weighted by atomic mass is 9.99. The Kier molecular flexibility index (Phi) is 5.35. The molecule has 1 aromatic carbocycles. The maximum atomic E-state index is 13.4. The number of nitrogens with zero attached hydrogens (tertiary/aromatic N) is 2. The van der Waals surface area contributed by atoms with E-state index in [1.165, 1.54) is 18.5 Å². The highest BCUT2D eigenvalue weighted by atomic mass is 19.4. The predicted octanol–water partition coefficient (Wildman–Crippen LogP) is 4.41. The van der Waals surface area contributed by atoms with Crippen molar-refractivity contribution in [2.24, 2.45) is 0 Å². The zero-order valence-corrected chi connectivity index (χ0v) is 13.9. The van der Waals surface area contributed by atoms with Crippen LogP contribution in [0.3, 0.4) is 0 Å². The van der Waals surface area contributed by atoms with E-state index in [-0.39, 0.29) is 5.69 Å². The summed E-state index contributed by atoms with van der Waals surface area (Å²) in [6.45, 7) is 0. The summed E-state index contributed by atoms with van der Waals surface area (Å²) in [5.74, 6) is 0. The molecule has 2 heterocycles. The molecule has 0 saturated carbocycles. The highest BCUT2D eigenvalue weighted by Crippen LogP contribution is 2.35. The zero-order chi connectivity index (χ0) is 19.3. The standard InChI is InChI=1S/C19H15F3N4O/c20-19(21,22)15-9-5-11-24-17(15)16(13-6-2-1-3-7-13)26-18(27)25-14-8-4-10-23-12-14/h1-12,16H,(H2,25,26,27)/t16-/m0/s1. The Bertz CT molecular complexity index is 902. The summed E-state index contributed by atoms with van der Waals surface area (Å²) in [4.78, 5) is 20.2. The van der Waals surface area contributed by atoms with Crippen LogP contribution in [0.5, 0.6) is 0 Å². The molecule has 0 aliphatic rings. The number of carbonyl (C=O) groups is 1. The molecule has 2 amide bonds. The van der Waals surface area contributed by atoms with Crippen LogP contribution in [0, 0.1) is 0 Å². The van der Waals surface area contributed by atoms with Crippen LogP contribution in [-0.4, -0.2) is 16.0 Å². The van der Waals surface area contributed by atoms with Crippen LogP contribution in [0.2, 0.25) is 0 Å². The highest BCUT2D eigenvalue weighted by molar-refractivity contribution is 5.89. The Morgan fingerprint density at radius 2 is 1.70 bits per heavy atom. The summed E-state index contributed by atoms with van der Waals surface area (Å²) in [5.41, 5.74) is -0.292. The lowest BCUT2D eigenvalue weighted by Gasteiger charge is -2.22. The molecule has 0 aliphatic heterocycles. The minimum absolute atomic E-state index is 0.280. The van der Waals surface area contributed by atoms with Gasteiger partial charge in [-0.3, -0.25) is 9.97 Å². The van der Waals surface area contributed by atoms with E-state index in [0.717, 1.165) is 6.07 Å². The molecular formula is C19H15F3N4O. The average molecular weight is 372 g/mol. The summed E-state index contributed by atoms with van der Waals surface area (Å²) < 4.78 is 40.3. The first-order valence-corrected chi connectivity index (χ1v) is 8.00. The number of urea groups is 1. The van der Waals surface area contributed by atoms with Crippen molar-refractivity contribution in [3.05, 3.63) is 90.0 Å². The summed E-state index contributed by atoms with van der Waals surface area (Å²) in [5, 5.41) is 5.12. The first-order chi connectivity index (χ1) is 12.9. The van der Waals surface area contributed by atoms with Gasteiger partial charge in [-0.1, -0.05) is 30.3 Å². The maximum Gasteiger partial charge on any atom is 0.418 e. The van der Waals surface area contributed by atoms with E-state index < -0.39 is 23.8 Å². The average Bonchev–Trinajstić information content (AvgIpc) is 2.67. The van der Waals surface area contributed by atoms with Gasteiger partial charge in [0.05, 0.1) is 29.2 Å². The van der Waals surface area contributed by atoms with Gasteiger partial charge in [-0.05, 0) is 29.8 Å². The number of hydrogen-bond donors (Lipinski definition) is 2. The van der Waals surface area contributed by atoms with E-state index in [0.29, 0.717) is 11.3 Å². The Morgan fingerprint density at radius 3 is 2.37 bits per heavy atom. The van der Waals surface area contributed by atoms with Gasteiger partial charge in [0.15, 0.2) is 0 Å². The number of rotatable bonds is 4. The molecule has 2 N–H and O–H groups in total. The van der Waals surface area contributed by atoms with Gasteiger partial charge in [-0.15, -0.1) is 0 Å². The minimum Gasteiger partial charge on any atom is -0.325 e. The van der Waals surface area contributed by atoms with E-state index in [1.54, 1.807) is 48.7 Å². The van der Waals surface area contributed by atoms with Gasteiger partial charge in [-0.25, -0.2) is 4.79 Å². The molecule has 1 atom stereocenters. The quantitative estimate of drug-likeness (QED) is 0.713. The number of amides is 2. The monoisotopic (exact) mass is 372 g/mol. The largest absolute Gasteiger partial charge is 0.418 e. The van der Waals surface area contributed by atoms with Crippen molar-refractivity contribution < 1.29 is 18.0 Å². The summed E-state index contributed by atoms with van der Waals surface area (Å²) in [6, 6.07) is 12.0. The zero-order valence-electron chi connectivity index (χ0n) is 13.9. The third-order valence-electron chi connectivity index (χ3n) is 3.75. The Labute approximate surface area is 153 Å². The van der Waals surface area contributed by atoms with Gasteiger partial charge < -0.3 is 10.6 Å². The van der Waals surface area contributed by atoms with Crippen molar-refractivity contribution in [1.29, 1.82) is 0 Å². The van der Waals surface area contributed by atoms with Gasteiger partial charge in [0.1, 0.15) is 0 Å². The molecule has 8 heteroatoms. The predicted molar refractivity (Wildman–Crippen MR) is 93.9 cm³/mol. The van der Waals surface area contributed by atoms with Gasteiger partial charge in [0, 0.05) is 12.4 Å². The Morgan fingerprint density at radius 1 is 0.963 bits per heavy atom. The van der Waals surface area contributed by atoms with Crippen LogP contribution >= 0.6 is 0 Å². The van der Waals surface area contributed by atoms with E-state index in [2.05, 4.69) is 20.6 Å². The fourth-order valence-electron chi connectivity index (χ4n) is 2.58.